The van der Waals surface area contributed by atoms with Crippen molar-refractivity contribution in [2.24, 2.45) is 0 Å². The molecule has 0 saturated carbocycles. The number of aliphatic hydroxyl groups is 1. The second kappa shape index (κ2) is 3.85. The number of carbonyl (C=O) groups excluding carboxylic acids is 1. The molecule has 0 spiro atoms. The van der Waals surface area contributed by atoms with E-state index in [1.54, 1.807) is 6.08 Å². The molecule has 0 aromatic rings. The molecule has 1 fully saturated rings. The van der Waals surface area contributed by atoms with Gasteiger partial charge >= 0.3 is 0 Å². The average molecular weight is 212 g/mol. The van der Waals surface area contributed by atoms with Gasteiger partial charge in [0.25, 0.3) is 0 Å². The van der Waals surface area contributed by atoms with Crippen molar-refractivity contribution in [2.45, 2.75) is 38.8 Å². The van der Waals surface area contributed by atoms with Gasteiger partial charge in [0.1, 0.15) is 0 Å². The third-order valence-electron chi connectivity index (χ3n) is 2.82. The lowest BCUT2D eigenvalue weighted by Gasteiger charge is -2.47. The van der Waals surface area contributed by atoms with Crippen LogP contribution in [0, 0.1) is 0 Å². The van der Waals surface area contributed by atoms with Crippen LogP contribution in [0.4, 0.5) is 0 Å². The van der Waals surface area contributed by atoms with Crippen molar-refractivity contribution in [3.05, 3.63) is 12.3 Å². The summed E-state index contributed by atoms with van der Waals surface area (Å²) in [6.45, 7) is 9.13. The van der Waals surface area contributed by atoms with Crippen molar-refractivity contribution < 1.29 is 9.90 Å². The fourth-order valence-electron chi connectivity index (χ4n) is 1.79. The van der Waals surface area contributed by atoms with Crippen LogP contribution in [0.25, 0.3) is 0 Å². The number of nitrogens with zero attached hydrogens (tertiary/aromatic N) is 1. The largest absolute Gasteiger partial charge is 0.516 e. The van der Waals surface area contributed by atoms with E-state index in [2.05, 4.69) is 10.2 Å². The van der Waals surface area contributed by atoms with Crippen molar-refractivity contribution in [3.8, 4) is 0 Å². The predicted octanol–water partition coefficient (Wildman–Crippen LogP) is 1.05. The van der Waals surface area contributed by atoms with Gasteiger partial charge in [0.15, 0.2) is 0 Å². The quantitative estimate of drug-likeness (QED) is 0.673. The Morgan fingerprint density at radius 3 is 2.60 bits per heavy atom. The Morgan fingerprint density at radius 1 is 1.47 bits per heavy atom. The van der Waals surface area contributed by atoms with Crippen LogP contribution in [0.5, 0.6) is 0 Å². The molecule has 1 rings (SSSR count). The minimum absolute atomic E-state index is 0.0325. The highest BCUT2D eigenvalue weighted by Gasteiger charge is 2.43. The van der Waals surface area contributed by atoms with Gasteiger partial charge in [-0.25, -0.2) is 0 Å². The Labute approximate surface area is 91.0 Å². The first-order chi connectivity index (χ1) is 6.79. The molecule has 1 heterocycles. The number of hydrogen-bond acceptors (Lipinski definition) is 3. The van der Waals surface area contributed by atoms with E-state index in [0.29, 0.717) is 6.54 Å². The molecule has 0 radical (unpaired) electrons. The minimum Gasteiger partial charge on any atom is -0.516 e. The molecule has 1 aliphatic heterocycles. The molecule has 0 aliphatic carbocycles. The van der Waals surface area contributed by atoms with Crippen molar-refractivity contribution in [3.63, 3.8) is 0 Å². The number of piperazine rings is 1. The normalized spacial score (nSPS) is 25.5. The Balaban J connectivity index is 2.85. The van der Waals surface area contributed by atoms with Crippen molar-refractivity contribution in [1.82, 2.24) is 10.2 Å². The van der Waals surface area contributed by atoms with Crippen LogP contribution in [0.3, 0.4) is 0 Å². The molecule has 15 heavy (non-hydrogen) atoms. The topological polar surface area (TPSA) is 52.6 Å². The summed E-state index contributed by atoms with van der Waals surface area (Å²) >= 11 is 0. The van der Waals surface area contributed by atoms with Crippen LogP contribution in [0.2, 0.25) is 0 Å². The molecule has 2 N–H and O–H groups in total. The Bertz CT molecular complexity index is 282. The third-order valence-corrected chi connectivity index (χ3v) is 2.82. The molecule has 4 nitrogen and oxygen atoms in total. The second-order valence-electron chi connectivity index (χ2n) is 5.16. The monoisotopic (exact) mass is 212 g/mol. The van der Waals surface area contributed by atoms with Crippen LogP contribution >= 0.6 is 0 Å². The molecular weight excluding hydrogens is 192 g/mol. The highest BCUT2D eigenvalue weighted by Crippen LogP contribution is 2.24. The Morgan fingerprint density at radius 2 is 2.07 bits per heavy atom. The van der Waals surface area contributed by atoms with Gasteiger partial charge in [-0.2, -0.15) is 0 Å². The number of carbonyl (C=O) groups is 1. The first-order valence-electron chi connectivity index (χ1n) is 5.16. The summed E-state index contributed by atoms with van der Waals surface area (Å²) in [4.78, 5) is 13.9. The van der Waals surface area contributed by atoms with Gasteiger partial charge in [-0.3, -0.25) is 9.69 Å². The van der Waals surface area contributed by atoms with Gasteiger partial charge in [0.2, 0.25) is 5.91 Å². The summed E-state index contributed by atoms with van der Waals surface area (Å²) in [7, 11) is 0. The minimum atomic E-state index is -0.519. The van der Waals surface area contributed by atoms with E-state index >= 15 is 0 Å². The fourth-order valence-corrected chi connectivity index (χ4v) is 1.79. The van der Waals surface area contributed by atoms with E-state index in [9.17, 15) is 4.79 Å². The van der Waals surface area contributed by atoms with E-state index in [1.165, 1.54) is 0 Å². The van der Waals surface area contributed by atoms with Gasteiger partial charge in [-0.15, -0.1) is 0 Å². The van der Waals surface area contributed by atoms with Crippen LogP contribution in [0.1, 0.15) is 27.7 Å². The molecule has 1 aliphatic rings. The Kier molecular flexibility index (Phi) is 3.09. The highest BCUT2D eigenvalue weighted by molar-refractivity contribution is 5.87. The second-order valence-corrected chi connectivity index (χ2v) is 5.16. The predicted molar refractivity (Wildman–Crippen MR) is 59.6 cm³/mol. The molecule has 0 atom stereocenters. The SMILES string of the molecule is CC1(C)CN(CC=CO)C(C)(C)C(=O)N1. The van der Waals surface area contributed by atoms with Crippen molar-refractivity contribution >= 4 is 5.91 Å². The van der Waals surface area contributed by atoms with E-state index < -0.39 is 5.54 Å². The standard InChI is InChI=1S/C11H20N2O2/c1-10(2)8-13(6-5-7-14)11(3,4)9(15)12-10/h5,7,14H,6,8H2,1-4H3,(H,12,15). The third kappa shape index (κ3) is 2.50. The highest BCUT2D eigenvalue weighted by atomic mass is 16.2. The maximum Gasteiger partial charge on any atom is 0.240 e. The van der Waals surface area contributed by atoms with Gasteiger partial charge < -0.3 is 10.4 Å². The van der Waals surface area contributed by atoms with E-state index in [-0.39, 0.29) is 11.4 Å². The lowest BCUT2D eigenvalue weighted by Crippen LogP contribution is -2.69. The molecule has 1 saturated heterocycles. The lowest BCUT2D eigenvalue weighted by molar-refractivity contribution is -0.139. The van der Waals surface area contributed by atoms with Crippen molar-refractivity contribution in [1.29, 1.82) is 0 Å². The zero-order chi connectivity index (χ0) is 11.7. The maximum atomic E-state index is 11.9. The zero-order valence-electron chi connectivity index (χ0n) is 9.87. The number of hydrogen-bond donors (Lipinski definition) is 2. The number of nitrogens with one attached hydrogen (secondary N) is 1. The first-order valence-corrected chi connectivity index (χ1v) is 5.16. The molecule has 4 heteroatoms. The molecule has 0 aromatic heterocycles. The smallest absolute Gasteiger partial charge is 0.240 e. The first kappa shape index (κ1) is 12.0. The maximum absolute atomic E-state index is 11.9. The molecule has 0 bridgehead atoms. The van der Waals surface area contributed by atoms with Gasteiger partial charge in [0, 0.05) is 18.6 Å². The Hall–Kier alpha value is -1.03. The number of aliphatic hydroxyl groups excluding tert-OH is 1. The molecule has 86 valence electrons. The van der Waals surface area contributed by atoms with E-state index in [0.717, 1.165) is 12.8 Å². The van der Waals surface area contributed by atoms with Crippen LogP contribution in [0.15, 0.2) is 12.3 Å². The molecule has 0 aromatic carbocycles. The fraction of sp³-hybridized carbons (Fsp3) is 0.727. The van der Waals surface area contributed by atoms with E-state index in [4.69, 9.17) is 5.11 Å². The number of rotatable bonds is 2. The van der Waals surface area contributed by atoms with Crippen LogP contribution in [-0.2, 0) is 4.79 Å². The van der Waals surface area contributed by atoms with Crippen LogP contribution in [-0.4, -0.2) is 40.1 Å². The summed E-state index contributed by atoms with van der Waals surface area (Å²) < 4.78 is 0. The molecule has 0 unspecified atom stereocenters. The van der Waals surface area contributed by atoms with E-state index in [1.807, 2.05) is 27.7 Å². The van der Waals surface area contributed by atoms with Gasteiger partial charge in [0.05, 0.1) is 11.8 Å². The van der Waals surface area contributed by atoms with Crippen LogP contribution < -0.4 is 5.32 Å². The average Bonchev–Trinajstić information content (AvgIpc) is 2.09. The summed E-state index contributed by atoms with van der Waals surface area (Å²) in [6, 6.07) is 0. The molecular formula is C11H20N2O2. The summed E-state index contributed by atoms with van der Waals surface area (Å²) in [5.41, 5.74) is -0.731. The lowest BCUT2D eigenvalue weighted by atomic mass is 9.90. The van der Waals surface area contributed by atoms with Gasteiger partial charge in [-0.1, -0.05) is 0 Å². The van der Waals surface area contributed by atoms with Gasteiger partial charge in [-0.05, 0) is 33.8 Å². The summed E-state index contributed by atoms with van der Waals surface area (Å²) in [5, 5.41) is 11.6. The number of amides is 1. The van der Waals surface area contributed by atoms with Crippen molar-refractivity contribution in [2.75, 3.05) is 13.1 Å². The summed E-state index contributed by atoms with van der Waals surface area (Å²) in [5.74, 6) is 0.0325. The summed E-state index contributed by atoms with van der Waals surface area (Å²) in [6.07, 6.45) is 2.67. The zero-order valence-corrected chi connectivity index (χ0v) is 9.87. The molecule has 1 amide bonds.